The van der Waals surface area contributed by atoms with Crippen molar-refractivity contribution in [2.45, 2.75) is 48.0 Å². The van der Waals surface area contributed by atoms with E-state index in [1.165, 1.54) is 12.0 Å². The van der Waals surface area contributed by atoms with Crippen LogP contribution in [0.1, 0.15) is 48.0 Å². The molecule has 0 fully saturated rings. The molecule has 0 heterocycles. The summed E-state index contributed by atoms with van der Waals surface area (Å²) in [7, 11) is 0. The number of rotatable bonds is 3. The third-order valence-corrected chi connectivity index (χ3v) is 2.53. The van der Waals surface area contributed by atoms with Crippen molar-refractivity contribution in [2.75, 3.05) is 0 Å². The lowest BCUT2D eigenvalue weighted by atomic mass is 9.81. The van der Waals surface area contributed by atoms with Gasteiger partial charge in [0.1, 0.15) is 0 Å². The minimum Gasteiger partial charge on any atom is -0.0825 e. The predicted molar refractivity (Wildman–Crippen MR) is 52.7 cm³/mol. The average molecular weight is 154 g/mol. The first-order valence-electron chi connectivity index (χ1n) is 4.59. The maximum atomic E-state index is 2.36. The molecule has 66 valence electrons. The van der Waals surface area contributed by atoms with E-state index in [-0.39, 0.29) is 0 Å². The van der Waals surface area contributed by atoms with Crippen LogP contribution in [0, 0.1) is 11.3 Å². The second-order valence-corrected chi connectivity index (χ2v) is 4.33. The smallest absolute Gasteiger partial charge is 0.0150 e. The van der Waals surface area contributed by atoms with Gasteiger partial charge in [-0.05, 0) is 24.7 Å². The summed E-state index contributed by atoms with van der Waals surface area (Å²) < 4.78 is 0. The van der Waals surface area contributed by atoms with E-state index in [9.17, 15) is 0 Å². The largest absolute Gasteiger partial charge is 0.0825 e. The normalized spacial score (nSPS) is 14.3. The van der Waals surface area contributed by atoms with Crippen LogP contribution >= 0.6 is 0 Å². The molecule has 0 radical (unpaired) electrons. The van der Waals surface area contributed by atoms with Gasteiger partial charge in [-0.3, -0.25) is 0 Å². The zero-order chi connectivity index (χ0) is 9.07. The third kappa shape index (κ3) is 3.60. The van der Waals surface area contributed by atoms with Gasteiger partial charge < -0.3 is 0 Å². The molecule has 0 aromatic carbocycles. The van der Waals surface area contributed by atoms with Crippen LogP contribution in [0.2, 0.25) is 0 Å². The highest BCUT2D eigenvalue weighted by molar-refractivity contribution is 5.09. The highest BCUT2D eigenvalue weighted by atomic mass is 14.2. The molecule has 0 spiro atoms. The van der Waals surface area contributed by atoms with Crippen LogP contribution in [0.3, 0.4) is 0 Å². The van der Waals surface area contributed by atoms with Crippen molar-refractivity contribution in [1.29, 1.82) is 0 Å². The number of hydrogen-bond donors (Lipinski definition) is 0. The summed E-state index contributed by atoms with van der Waals surface area (Å²) in [6, 6.07) is 0. The van der Waals surface area contributed by atoms with Crippen LogP contribution in [0.25, 0.3) is 0 Å². The fourth-order valence-corrected chi connectivity index (χ4v) is 1.00. The molecule has 0 aliphatic carbocycles. The van der Waals surface area contributed by atoms with E-state index in [4.69, 9.17) is 0 Å². The van der Waals surface area contributed by atoms with Crippen LogP contribution in [0.4, 0.5) is 0 Å². The molecule has 0 saturated carbocycles. The average Bonchev–Trinajstić information content (AvgIpc) is 1.86. The summed E-state index contributed by atoms with van der Waals surface area (Å²) in [5.41, 5.74) is 1.92. The summed E-state index contributed by atoms with van der Waals surface area (Å²) in [4.78, 5) is 0. The van der Waals surface area contributed by atoms with Gasteiger partial charge in [-0.15, -0.1) is 0 Å². The van der Waals surface area contributed by atoms with E-state index < -0.39 is 0 Å². The molecule has 0 saturated heterocycles. The Hall–Kier alpha value is -0.260. The molecule has 0 aromatic heterocycles. The fourth-order valence-electron chi connectivity index (χ4n) is 1.00. The molecule has 0 aliphatic heterocycles. The van der Waals surface area contributed by atoms with Crippen molar-refractivity contribution in [3.05, 3.63) is 11.6 Å². The van der Waals surface area contributed by atoms with Gasteiger partial charge in [0.25, 0.3) is 0 Å². The van der Waals surface area contributed by atoms with Gasteiger partial charge in [-0.1, -0.05) is 46.3 Å². The highest BCUT2D eigenvalue weighted by Crippen LogP contribution is 2.30. The fraction of sp³-hybridized carbons (Fsp3) is 0.818. The van der Waals surface area contributed by atoms with Crippen LogP contribution < -0.4 is 0 Å². The van der Waals surface area contributed by atoms with Crippen LogP contribution in [-0.2, 0) is 0 Å². The molecule has 0 unspecified atom stereocenters. The lowest BCUT2D eigenvalue weighted by Crippen LogP contribution is -2.11. The molecule has 0 amide bonds. The SMILES string of the molecule is CCC(C)(C)C(C)=CC(C)C. The quantitative estimate of drug-likeness (QED) is 0.538. The number of hydrogen-bond acceptors (Lipinski definition) is 0. The molecule has 0 nitrogen and oxygen atoms in total. The first-order chi connectivity index (χ1) is 4.90. The van der Waals surface area contributed by atoms with Crippen molar-refractivity contribution >= 4 is 0 Å². The van der Waals surface area contributed by atoms with Crippen molar-refractivity contribution < 1.29 is 0 Å². The van der Waals surface area contributed by atoms with Crippen LogP contribution in [-0.4, -0.2) is 0 Å². The molecule has 0 N–H and O–H groups in total. The van der Waals surface area contributed by atoms with Gasteiger partial charge in [-0.25, -0.2) is 0 Å². The van der Waals surface area contributed by atoms with Crippen molar-refractivity contribution in [3.8, 4) is 0 Å². The van der Waals surface area contributed by atoms with Gasteiger partial charge in [0.15, 0.2) is 0 Å². The minimum atomic E-state index is 0.393. The molecule has 11 heavy (non-hydrogen) atoms. The molecule has 0 rings (SSSR count). The van der Waals surface area contributed by atoms with Crippen molar-refractivity contribution in [2.24, 2.45) is 11.3 Å². The zero-order valence-corrected chi connectivity index (χ0v) is 8.86. The summed E-state index contributed by atoms with van der Waals surface area (Å²) in [6.45, 7) is 13.6. The van der Waals surface area contributed by atoms with Crippen LogP contribution in [0.5, 0.6) is 0 Å². The van der Waals surface area contributed by atoms with E-state index in [1.807, 2.05) is 0 Å². The molecule has 0 aromatic rings. The Morgan fingerprint density at radius 2 is 1.82 bits per heavy atom. The Balaban J connectivity index is 4.33. The molecule has 0 bridgehead atoms. The Kier molecular flexibility index (Phi) is 3.85. The summed E-state index contributed by atoms with van der Waals surface area (Å²) in [6.07, 6.45) is 3.59. The molecule has 0 atom stereocenters. The summed E-state index contributed by atoms with van der Waals surface area (Å²) >= 11 is 0. The van der Waals surface area contributed by atoms with E-state index >= 15 is 0 Å². The first-order valence-corrected chi connectivity index (χ1v) is 4.59. The molecular weight excluding hydrogens is 132 g/mol. The lowest BCUT2D eigenvalue weighted by molar-refractivity contribution is 0.425. The first kappa shape index (κ1) is 10.7. The predicted octanol–water partition coefficient (Wildman–Crippen LogP) is 4.02. The second-order valence-electron chi connectivity index (χ2n) is 4.33. The van der Waals surface area contributed by atoms with E-state index in [1.54, 1.807) is 0 Å². The maximum Gasteiger partial charge on any atom is -0.0150 e. The van der Waals surface area contributed by atoms with Crippen molar-refractivity contribution in [3.63, 3.8) is 0 Å². The van der Waals surface area contributed by atoms with Gasteiger partial charge >= 0.3 is 0 Å². The zero-order valence-electron chi connectivity index (χ0n) is 8.86. The lowest BCUT2D eigenvalue weighted by Gasteiger charge is -2.24. The molecule has 0 heteroatoms. The monoisotopic (exact) mass is 154 g/mol. The van der Waals surface area contributed by atoms with Gasteiger partial charge in [0, 0.05) is 0 Å². The molecule has 0 aliphatic rings. The standard InChI is InChI=1S/C11H22/c1-7-11(5,6)10(4)8-9(2)3/h8-9H,7H2,1-6H3. The molecular formula is C11H22. The van der Waals surface area contributed by atoms with E-state index in [0.717, 1.165) is 0 Å². The Bertz CT molecular complexity index is 138. The summed E-state index contributed by atoms with van der Waals surface area (Å²) in [5.74, 6) is 0.681. The third-order valence-electron chi connectivity index (χ3n) is 2.53. The Morgan fingerprint density at radius 3 is 2.09 bits per heavy atom. The topological polar surface area (TPSA) is 0 Å². The van der Waals surface area contributed by atoms with Gasteiger partial charge in [0.05, 0.1) is 0 Å². The van der Waals surface area contributed by atoms with Gasteiger partial charge in [-0.2, -0.15) is 0 Å². The maximum absolute atomic E-state index is 2.36. The van der Waals surface area contributed by atoms with E-state index in [0.29, 0.717) is 11.3 Å². The Morgan fingerprint density at radius 1 is 1.36 bits per heavy atom. The summed E-state index contributed by atoms with van der Waals surface area (Å²) in [5, 5.41) is 0. The minimum absolute atomic E-state index is 0.393. The van der Waals surface area contributed by atoms with Gasteiger partial charge in [0.2, 0.25) is 0 Å². The van der Waals surface area contributed by atoms with E-state index in [2.05, 4.69) is 47.6 Å². The highest BCUT2D eigenvalue weighted by Gasteiger charge is 2.16. The van der Waals surface area contributed by atoms with Crippen molar-refractivity contribution in [1.82, 2.24) is 0 Å². The number of allylic oxidation sites excluding steroid dienone is 2. The van der Waals surface area contributed by atoms with Crippen LogP contribution in [0.15, 0.2) is 11.6 Å². The Labute approximate surface area is 71.7 Å². The second kappa shape index (κ2) is 3.94.